The van der Waals surface area contributed by atoms with Gasteiger partial charge in [-0.2, -0.15) is 0 Å². The van der Waals surface area contributed by atoms with Crippen LogP contribution in [0.4, 0.5) is 5.69 Å². The Morgan fingerprint density at radius 2 is 2.00 bits per heavy atom. The summed E-state index contributed by atoms with van der Waals surface area (Å²) in [4.78, 5) is 16.4. The summed E-state index contributed by atoms with van der Waals surface area (Å²) in [6.07, 6.45) is 1.57. The number of halogens is 1. The number of carbonyl (C=O) groups is 1. The normalized spacial score (nSPS) is 10.8. The second-order valence-electron chi connectivity index (χ2n) is 6.15. The molecule has 0 amide bonds. The number of anilines is 1. The monoisotopic (exact) mass is 426 g/mol. The van der Waals surface area contributed by atoms with Crippen LogP contribution in [0.25, 0.3) is 21.9 Å². The van der Waals surface area contributed by atoms with Crippen molar-refractivity contribution in [1.82, 2.24) is 4.98 Å². The molecule has 0 radical (unpaired) electrons. The number of hydrogen-bond acceptors (Lipinski definition) is 6. The summed E-state index contributed by atoms with van der Waals surface area (Å²) in [5.41, 5.74) is 9.00. The van der Waals surface area contributed by atoms with Gasteiger partial charge < -0.3 is 20.0 Å². The zero-order valence-electron chi connectivity index (χ0n) is 15.0. The third kappa shape index (κ3) is 4.11. The highest BCUT2D eigenvalue weighted by Gasteiger charge is 2.17. The quantitative estimate of drug-likeness (QED) is 0.417. The van der Waals surface area contributed by atoms with E-state index in [1.54, 1.807) is 30.5 Å². The van der Waals surface area contributed by atoms with Gasteiger partial charge in [-0.05, 0) is 48.0 Å². The Kier molecular flexibility index (Phi) is 5.24. The standard InChI is InChI=1S/C21H15ClN2O4S/c22-18-8-7-17(29-18)15-10-14(16-2-1-9-27-16)19(23)20(24-15)28-11-12-3-5-13(6-4-12)21(25)26/h1-10H,11,23H2,(H,25,26). The van der Waals surface area contributed by atoms with Crippen LogP contribution in [0.1, 0.15) is 15.9 Å². The molecule has 29 heavy (non-hydrogen) atoms. The maximum Gasteiger partial charge on any atom is 0.335 e. The van der Waals surface area contributed by atoms with Crippen LogP contribution < -0.4 is 10.5 Å². The molecule has 0 saturated heterocycles. The summed E-state index contributed by atoms with van der Waals surface area (Å²) < 4.78 is 12.0. The third-order valence-electron chi connectivity index (χ3n) is 4.21. The maximum absolute atomic E-state index is 11.0. The van der Waals surface area contributed by atoms with Gasteiger partial charge in [-0.25, -0.2) is 9.78 Å². The van der Waals surface area contributed by atoms with Crippen LogP contribution in [0.3, 0.4) is 0 Å². The number of aromatic carboxylic acids is 1. The molecule has 1 aromatic carbocycles. The summed E-state index contributed by atoms with van der Waals surface area (Å²) in [6.45, 7) is 0.184. The smallest absolute Gasteiger partial charge is 0.335 e. The van der Waals surface area contributed by atoms with Gasteiger partial charge in [0.1, 0.15) is 18.1 Å². The van der Waals surface area contributed by atoms with Crippen molar-refractivity contribution < 1.29 is 19.1 Å². The van der Waals surface area contributed by atoms with Gasteiger partial charge in [0.2, 0.25) is 5.88 Å². The number of hydrogen-bond donors (Lipinski definition) is 2. The molecule has 0 unspecified atom stereocenters. The lowest BCUT2D eigenvalue weighted by Gasteiger charge is -2.13. The second kappa shape index (κ2) is 7.98. The molecule has 6 nitrogen and oxygen atoms in total. The van der Waals surface area contributed by atoms with Crippen molar-refractivity contribution in [1.29, 1.82) is 0 Å². The third-order valence-corrected chi connectivity index (χ3v) is 5.47. The predicted octanol–water partition coefficient (Wildman–Crippen LogP) is 5.58. The van der Waals surface area contributed by atoms with Crippen LogP contribution in [0.15, 0.2) is 65.3 Å². The predicted molar refractivity (Wildman–Crippen MR) is 112 cm³/mol. The number of nitrogens with zero attached hydrogens (tertiary/aromatic N) is 1. The lowest BCUT2D eigenvalue weighted by molar-refractivity contribution is 0.0697. The summed E-state index contributed by atoms with van der Waals surface area (Å²) in [5.74, 6) is -0.112. The molecule has 0 saturated carbocycles. The SMILES string of the molecule is Nc1c(-c2ccco2)cc(-c2ccc(Cl)s2)nc1OCc1ccc(C(=O)O)cc1. The van der Waals surface area contributed by atoms with E-state index >= 15 is 0 Å². The Balaban J connectivity index is 1.68. The van der Waals surface area contributed by atoms with Gasteiger partial charge in [0.15, 0.2) is 0 Å². The van der Waals surface area contributed by atoms with E-state index in [9.17, 15) is 4.79 Å². The highest BCUT2D eigenvalue weighted by atomic mass is 35.5. The second-order valence-corrected chi connectivity index (χ2v) is 7.86. The van der Waals surface area contributed by atoms with E-state index in [0.717, 1.165) is 10.4 Å². The topological polar surface area (TPSA) is 98.6 Å². The molecule has 3 heterocycles. The van der Waals surface area contributed by atoms with E-state index in [4.69, 9.17) is 31.6 Å². The highest BCUT2D eigenvalue weighted by molar-refractivity contribution is 7.19. The number of rotatable bonds is 6. The molecule has 4 rings (SSSR count). The molecule has 0 spiro atoms. The van der Waals surface area contributed by atoms with E-state index in [1.165, 1.54) is 23.5 Å². The van der Waals surface area contributed by atoms with Gasteiger partial charge >= 0.3 is 5.97 Å². The summed E-state index contributed by atoms with van der Waals surface area (Å²) in [6, 6.07) is 15.5. The zero-order chi connectivity index (χ0) is 20.4. The molecule has 8 heteroatoms. The summed E-state index contributed by atoms with van der Waals surface area (Å²) >= 11 is 7.47. The Bertz CT molecular complexity index is 1150. The number of nitrogens with two attached hydrogens (primary N) is 1. The number of pyridine rings is 1. The Morgan fingerprint density at radius 1 is 1.21 bits per heavy atom. The first kappa shape index (κ1) is 19.0. The number of ether oxygens (including phenoxy) is 1. The molecule has 3 N–H and O–H groups in total. The zero-order valence-corrected chi connectivity index (χ0v) is 16.5. The first-order valence-corrected chi connectivity index (χ1v) is 9.76. The molecule has 0 aliphatic heterocycles. The van der Waals surface area contributed by atoms with Crippen LogP contribution in [0.2, 0.25) is 4.34 Å². The first-order valence-electron chi connectivity index (χ1n) is 8.56. The fraction of sp³-hybridized carbons (Fsp3) is 0.0476. The van der Waals surface area contributed by atoms with Crippen LogP contribution in [0, 0.1) is 0 Å². The Labute approximate surface area is 175 Å². The highest BCUT2D eigenvalue weighted by Crippen LogP contribution is 2.38. The molecule has 0 aliphatic rings. The molecule has 146 valence electrons. The molecule has 0 fully saturated rings. The number of thiophene rings is 1. The van der Waals surface area contributed by atoms with Crippen LogP contribution in [0.5, 0.6) is 5.88 Å². The van der Waals surface area contributed by atoms with Crippen molar-refractivity contribution >= 4 is 34.6 Å². The number of benzene rings is 1. The molecular formula is C21H15ClN2O4S. The van der Waals surface area contributed by atoms with E-state index in [0.29, 0.717) is 27.0 Å². The van der Waals surface area contributed by atoms with Crippen LogP contribution >= 0.6 is 22.9 Å². The van der Waals surface area contributed by atoms with E-state index in [1.807, 2.05) is 18.2 Å². The van der Waals surface area contributed by atoms with Crippen molar-refractivity contribution in [2.75, 3.05) is 5.73 Å². The van der Waals surface area contributed by atoms with E-state index in [-0.39, 0.29) is 18.1 Å². The fourth-order valence-corrected chi connectivity index (χ4v) is 3.75. The Hall–Kier alpha value is -3.29. The van der Waals surface area contributed by atoms with Crippen molar-refractivity contribution in [3.8, 4) is 27.8 Å². The van der Waals surface area contributed by atoms with Crippen LogP contribution in [-0.2, 0) is 6.61 Å². The largest absolute Gasteiger partial charge is 0.478 e. The Morgan fingerprint density at radius 3 is 2.62 bits per heavy atom. The molecule has 0 bridgehead atoms. The van der Waals surface area contributed by atoms with Gasteiger partial charge in [0.05, 0.1) is 26.7 Å². The van der Waals surface area contributed by atoms with Gasteiger partial charge in [-0.15, -0.1) is 11.3 Å². The molecule has 0 aliphatic carbocycles. The van der Waals surface area contributed by atoms with E-state index in [2.05, 4.69) is 4.98 Å². The van der Waals surface area contributed by atoms with Gasteiger partial charge in [-0.1, -0.05) is 23.7 Å². The number of carboxylic acid groups (broad SMARTS) is 1. The molecule has 3 aromatic heterocycles. The lowest BCUT2D eigenvalue weighted by atomic mass is 10.1. The van der Waals surface area contributed by atoms with Crippen molar-refractivity contribution in [3.05, 3.63) is 76.3 Å². The summed E-state index contributed by atoms with van der Waals surface area (Å²) in [7, 11) is 0. The van der Waals surface area contributed by atoms with Crippen molar-refractivity contribution in [2.24, 2.45) is 0 Å². The van der Waals surface area contributed by atoms with Crippen molar-refractivity contribution in [2.45, 2.75) is 6.61 Å². The van der Waals surface area contributed by atoms with Gasteiger partial charge in [-0.3, -0.25) is 0 Å². The number of aromatic nitrogens is 1. The lowest BCUT2D eigenvalue weighted by Crippen LogP contribution is -2.04. The number of carboxylic acids is 1. The fourth-order valence-electron chi connectivity index (χ4n) is 2.75. The van der Waals surface area contributed by atoms with Crippen molar-refractivity contribution in [3.63, 3.8) is 0 Å². The van der Waals surface area contributed by atoms with Gasteiger partial charge in [0, 0.05) is 5.56 Å². The minimum absolute atomic E-state index is 0.184. The number of nitrogen functional groups attached to an aromatic ring is 1. The minimum atomic E-state index is -0.978. The molecule has 0 atom stereocenters. The average molecular weight is 427 g/mol. The maximum atomic E-state index is 11.0. The molecular weight excluding hydrogens is 412 g/mol. The van der Waals surface area contributed by atoms with Gasteiger partial charge in [0.25, 0.3) is 0 Å². The summed E-state index contributed by atoms with van der Waals surface area (Å²) in [5, 5.41) is 9.01. The van der Waals surface area contributed by atoms with Crippen LogP contribution in [-0.4, -0.2) is 16.1 Å². The molecule has 4 aromatic rings. The average Bonchev–Trinajstić information content (AvgIpc) is 3.39. The first-order chi connectivity index (χ1) is 14.0. The van der Waals surface area contributed by atoms with E-state index < -0.39 is 5.97 Å². The number of furan rings is 1. The minimum Gasteiger partial charge on any atom is -0.478 e.